The van der Waals surface area contributed by atoms with Gasteiger partial charge in [0.2, 0.25) is 0 Å². The second kappa shape index (κ2) is 8.20. The van der Waals surface area contributed by atoms with Crippen LogP contribution in [0.1, 0.15) is 43.0 Å². The lowest BCUT2D eigenvalue weighted by molar-refractivity contribution is -0.122. The molecule has 3 rings (SSSR count). The number of carbonyl (C=O) groups excluding carboxylic acids is 3. The van der Waals surface area contributed by atoms with E-state index >= 15 is 0 Å². The number of aldehydes is 1. The van der Waals surface area contributed by atoms with E-state index in [0.717, 1.165) is 10.4 Å². The van der Waals surface area contributed by atoms with Crippen LogP contribution in [0.4, 0.5) is 4.79 Å². The molecule has 0 radical (unpaired) electrons. The summed E-state index contributed by atoms with van der Waals surface area (Å²) in [5.74, 6) is 1.76. The van der Waals surface area contributed by atoms with Gasteiger partial charge in [0.15, 0.2) is 12.9 Å². The smallest absolute Gasteiger partial charge is 0.321 e. The van der Waals surface area contributed by atoms with Gasteiger partial charge in [-0.3, -0.25) is 14.9 Å². The summed E-state index contributed by atoms with van der Waals surface area (Å²) in [6.07, 6.45) is 5.66. The summed E-state index contributed by atoms with van der Waals surface area (Å²) in [5.41, 5.74) is 0.335. The van der Waals surface area contributed by atoms with E-state index in [1.54, 1.807) is 18.2 Å². The Hall–Kier alpha value is -1.89. The van der Waals surface area contributed by atoms with Gasteiger partial charge in [0, 0.05) is 10.5 Å². The first kappa shape index (κ1) is 18.9. The van der Waals surface area contributed by atoms with E-state index in [1.165, 1.54) is 25.7 Å². The Morgan fingerprint density at radius 2 is 2.15 bits per heavy atom. The highest BCUT2D eigenvalue weighted by Crippen LogP contribution is 2.49. The summed E-state index contributed by atoms with van der Waals surface area (Å²) < 4.78 is 6.09. The predicted octanol–water partition coefficient (Wildman–Crippen LogP) is 3.29. The van der Waals surface area contributed by atoms with Crippen molar-refractivity contribution in [3.8, 4) is 5.75 Å². The fourth-order valence-electron chi connectivity index (χ4n) is 4.31. The zero-order valence-corrected chi connectivity index (χ0v) is 16.3. The minimum absolute atomic E-state index is 0.0483. The summed E-state index contributed by atoms with van der Waals surface area (Å²) in [7, 11) is 0. The number of carbonyl (C=O) groups is 3. The molecule has 4 unspecified atom stereocenters. The standard InChI is InChI=1S/C19H23BrN2O4/c1-11(16-7-12-2-3-13(16)6-12)21-19(25)22-18(24)10-26-17-5-4-15(20)8-14(17)9-23/h4-5,8-9,11-13,16H,2-3,6-7,10H2,1H3,(H2,21,22,24,25). The Labute approximate surface area is 161 Å². The lowest BCUT2D eigenvalue weighted by atomic mass is 9.84. The monoisotopic (exact) mass is 422 g/mol. The first-order valence-corrected chi connectivity index (χ1v) is 9.73. The molecule has 0 heterocycles. The zero-order chi connectivity index (χ0) is 18.7. The fourth-order valence-corrected chi connectivity index (χ4v) is 4.68. The second-order valence-electron chi connectivity index (χ2n) is 7.24. The second-order valence-corrected chi connectivity index (χ2v) is 8.15. The van der Waals surface area contributed by atoms with Crippen LogP contribution in [0.2, 0.25) is 0 Å². The number of rotatable bonds is 6. The largest absolute Gasteiger partial charge is 0.483 e. The number of hydrogen-bond donors (Lipinski definition) is 2. The van der Waals surface area contributed by atoms with Gasteiger partial charge in [0.1, 0.15) is 5.75 Å². The molecule has 2 fully saturated rings. The minimum atomic E-state index is -0.553. The lowest BCUT2D eigenvalue weighted by Crippen LogP contribution is -2.48. The molecular weight excluding hydrogens is 400 g/mol. The van der Waals surface area contributed by atoms with Crippen LogP contribution in [-0.4, -0.2) is 30.9 Å². The van der Waals surface area contributed by atoms with Crippen LogP contribution in [0, 0.1) is 17.8 Å². The summed E-state index contributed by atoms with van der Waals surface area (Å²) in [5, 5.41) is 5.16. The number of ether oxygens (including phenoxy) is 1. The van der Waals surface area contributed by atoms with E-state index in [2.05, 4.69) is 26.6 Å². The SMILES string of the molecule is CC(NC(=O)NC(=O)COc1ccc(Br)cc1C=O)C1CC2CCC1C2. The molecule has 0 saturated heterocycles. The van der Waals surface area contributed by atoms with Crippen LogP contribution < -0.4 is 15.4 Å². The van der Waals surface area contributed by atoms with E-state index in [4.69, 9.17) is 4.74 Å². The number of amides is 3. The lowest BCUT2D eigenvalue weighted by Gasteiger charge is -2.28. The third kappa shape index (κ3) is 4.44. The topological polar surface area (TPSA) is 84.5 Å². The molecule has 7 heteroatoms. The molecule has 4 atom stereocenters. The van der Waals surface area contributed by atoms with Crippen molar-refractivity contribution >= 4 is 34.2 Å². The van der Waals surface area contributed by atoms with Crippen molar-refractivity contribution in [1.82, 2.24) is 10.6 Å². The van der Waals surface area contributed by atoms with Crippen molar-refractivity contribution in [1.29, 1.82) is 0 Å². The number of fused-ring (bicyclic) bond motifs is 2. The maximum absolute atomic E-state index is 12.0. The Morgan fingerprint density at radius 3 is 2.81 bits per heavy atom. The van der Waals surface area contributed by atoms with Crippen LogP contribution in [0.25, 0.3) is 0 Å². The molecule has 2 saturated carbocycles. The molecule has 2 aliphatic carbocycles. The Kier molecular flexibility index (Phi) is 5.96. The van der Waals surface area contributed by atoms with E-state index < -0.39 is 11.9 Å². The Balaban J connectivity index is 1.44. The molecule has 2 bridgehead atoms. The Bertz CT molecular complexity index is 709. The molecule has 2 N–H and O–H groups in total. The Morgan fingerprint density at radius 1 is 1.35 bits per heavy atom. The number of benzene rings is 1. The number of halogens is 1. The molecule has 6 nitrogen and oxygen atoms in total. The first-order valence-electron chi connectivity index (χ1n) is 8.94. The van der Waals surface area contributed by atoms with Crippen molar-refractivity contribution in [2.24, 2.45) is 17.8 Å². The maximum atomic E-state index is 12.0. The van der Waals surface area contributed by atoms with Gasteiger partial charge in [-0.1, -0.05) is 22.4 Å². The normalized spacial score (nSPS) is 24.8. The molecule has 1 aromatic carbocycles. The van der Waals surface area contributed by atoms with Gasteiger partial charge >= 0.3 is 6.03 Å². The zero-order valence-electron chi connectivity index (χ0n) is 14.7. The first-order chi connectivity index (χ1) is 12.5. The van der Waals surface area contributed by atoms with Gasteiger partial charge in [-0.2, -0.15) is 0 Å². The maximum Gasteiger partial charge on any atom is 0.321 e. The van der Waals surface area contributed by atoms with Crippen molar-refractivity contribution in [2.75, 3.05) is 6.61 Å². The van der Waals surface area contributed by atoms with Crippen molar-refractivity contribution in [3.05, 3.63) is 28.2 Å². The molecule has 0 aromatic heterocycles. The molecule has 0 aliphatic heterocycles. The number of nitrogens with one attached hydrogen (secondary N) is 2. The number of imide groups is 1. The van der Waals surface area contributed by atoms with Gasteiger partial charge in [-0.05, 0) is 62.1 Å². The fraction of sp³-hybridized carbons (Fsp3) is 0.526. The summed E-state index contributed by atoms with van der Waals surface area (Å²) >= 11 is 3.27. The van der Waals surface area contributed by atoms with E-state index in [0.29, 0.717) is 29.4 Å². The molecule has 3 amide bonds. The molecule has 26 heavy (non-hydrogen) atoms. The van der Waals surface area contributed by atoms with Gasteiger partial charge in [-0.25, -0.2) is 4.79 Å². The average molecular weight is 423 g/mol. The average Bonchev–Trinajstić information content (AvgIpc) is 3.23. The molecule has 0 spiro atoms. The quantitative estimate of drug-likeness (QED) is 0.688. The van der Waals surface area contributed by atoms with Gasteiger partial charge < -0.3 is 10.1 Å². The third-order valence-corrected chi connectivity index (χ3v) is 6.00. The summed E-state index contributed by atoms with van der Waals surface area (Å²) in [4.78, 5) is 35.0. The predicted molar refractivity (Wildman–Crippen MR) is 100 cm³/mol. The van der Waals surface area contributed by atoms with Gasteiger partial charge in [-0.15, -0.1) is 0 Å². The molecule has 1 aromatic rings. The van der Waals surface area contributed by atoms with Gasteiger partial charge in [0.25, 0.3) is 5.91 Å². The summed E-state index contributed by atoms with van der Waals surface area (Å²) in [6, 6.07) is 4.46. The highest BCUT2D eigenvalue weighted by Gasteiger charge is 2.42. The van der Waals surface area contributed by atoms with E-state index in [1.807, 2.05) is 6.92 Å². The number of hydrogen-bond acceptors (Lipinski definition) is 4. The summed E-state index contributed by atoms with van der Waals surface area (Å²) in [6.45, 7) is 1.67. The molecule has 140 valence electrons. The third-order valence-electron chi connectivity index (χ3n) is 5.50. The van der Waals surface area contributed by atoms with E-state index in [9.17, 15) is 14.4 Å². The molecule has 2 aliphatic rings. The number of urea groups is 1. The van der Waals surface area contributed by atoms with Crippen molar-refractivity contribution in [2.45, 2.75) is 38.6 Å². The highest BCUT2D eigenvalue weighted by atomic mass is 79.9. The van der Waals surface area contributed by atoms with Crippen LogP contribution in [0.15, 0.2) is 22.7 Å². The van der Waals surface area contributed by atoms with Crippen LogP contribution in [0.5, 0.6) is 5.75 Å². The van der Waals surface area contributed by atoms with E-state index in [-0.39, 0.29) is 12.6 Å². The van der Waals surface area contributed by atoms with Crippen molar-refractivity contribution in [3.63, 3.8) is 0 Å². The van der Waals surface area contributed by atoms with Crippen LogP contribution >= 0.6 is 15.9 Å². The highest BCUT2D eigenvalue weighted by molar-refractivity contribution is 9.10. The van der Waals surface area contributed by atoms with Crippen LogP contribution in [-0.2, 0) is 4.79 Å². The molecular formula is C19H23BrN2O4. The van der Waals surface area contributed by atoms with Gasteiger partial charge in [0.05, 0.1) is 5.56 Å². The van der Waals surface area contributed by atoms with Crippen molar-refractivity contribution < 1.29 is 19.1 Å². The minimum Gasteiger partial charge on any atom is -0.483 e. The van der Waals surface area contributed by atoms with Crippen LogP contribution in [0.3, 0.4) is 0 Å².